The lowest BCUT2D eigenvalue weighted by Crippen LogP contribution is -2.54. The van der Waals surface area contributed by atoms with Crippen LogP contribution in [0.1, 0.15) is 12.5 Å². The Kier molecular flexibility index (Phi) is 6.55. The van der Waals surface area contributed by atoms with Gasteiger partial charge in [0.05, 0.1) is 34.5 Å². The quantitative estimate of drug-likeness (QED) is 0.506. The lowest BCUT2D eigenvalue weighted by Gasteiger charge is -2.27. The van der Waals surface area contributed by atoms with Crippen molar-refractivity contribution < 1.29 is 23.9 Å². The first kappa shape index (κ1) is 22.0. The van der Waals surface area contributed by atoms with Crippen LogP contribution in [0.4, 0.5) is 10.5 Å². The predicted molar refractivity (Wildman–Crippen MR) is 115 cm³/mol. The Morgan fingerprint density at radius 3 is 2.47 bits per heavy atom. The number of urea groups is 1. The zero-order valence-corrected chi connectivity index (χ0v) is 18.1. The molecule has 1 heterocycles. The summed E-state index contributed by atoms with van der Waals surface area (Å²) in [5, 5.41) is 2.48. The summed E-state index contributed by atoms with van der Waals surface area (Å²) >= 11 is 18.4. The molecule has 10 heteroatoms. The van der Waals surface area contributed by atoms with Crippen molar-refractivity contribution in [3.05, 3.63) is 56.5 Å². The molecule has 0 bridgehead atoms. The number of halogens is 3. The number of rotatable bonds is 5. The molecule has 1 N–H and O–H groups in total. The number of ether oxygens (including phenoxy) is 2. The normalized spacial score (nSPS) is 15.4. The van der Waals surface area contributed by atoms with Crippen LogP contribution in [0.5, 0.6) is 11.5 Å². The minimum Gasteiger partial charge on any atom is -0.493 e. The fourth-order valence-electron chi connectivity index (χ4n) is 2.79. The van der Waals surface area contributed by atoms with Gasteiger partial charge in [-0.1, -0.05) is 40.9 Å². The van der Waals surface area contributed by atoms with Crippen molar-refractivity contribution in [2.24, 2.45) is 0 Å². The van der Waals surface area contributed by atoms with E-state index in [1.165, 1.54) is 43.5 Å². The molecule has 7 nitrogen and oxygen atoms in total. The summed E-state index contributed by atoms with van der Waals surface area (Å²) in [5.41, 5.74) is 0.0481. The van der Waals surface area contributed by atoms with E-state index in [9.17, 15) is 14.4 Å². The first-order valence-corrected chi connectivity index (χ1v) is 9.77. The number of carbonyl (C=O) groups excluding carboxylic acids is 3. The van der Waals surface area contributed by atoms with Gasteiger partial charge in [-0.15, -0.1) is 0 Å². The summed E-state index contributed by atoms with van der Waals surface area (Å²) in [6, 6.07) is 6.56. The Morgan fingerprint density at radius 1 is 1.07 bits per heavy atom. The van der Waals surface area contributed by atoms with E-state index in [1.807, 2.05) is 0 Å². The molecule has 4 amide bonds. The molecule has 1 aliphatic rings. The predicted octanol–water partition coefficient (Wildman–Crippen LogP) is 4.72. The SMILES string of the molecule is CCOc1cc(/C=C2\C(=O)NC(=O)N(c3cccc(Cl)c3Cl)C2=O)c(Cl)cc1OC. The molecule has 2 aromatic rings. The highest BCUT2D eigenvalue weighted by molar-refractivity contribution is 6.46. The lowest BCUT2D eigenvalue weighted by atomic mass is 10.1. The Labute approximate surface area is 187 Å². The number of nitrogens with one attached hydrogen (secondary N) is 1. The Balaban J connectivity index is 2.09. The molecule has 0 unspecified atom stereocenters. The minimum atomic E-state index is -0.942. The van der Waals surface area contributed by atoms with Crippen LogP contribution in [0.2, 0.25) is 15.1 Å². The molecule has 0 radical (unpaired) electrons. The number of anilines is 1. The zero-order chi connectivity index (χ0) is 22.0. The van der Waals surface area contributed by atoms with Crippen LogP contribution in [0.25, 0.3) is 6.08 Å². The average molecular weight is 470 g/mol. The summed E-state index contributed by atoms with van der Waals surface area (Å²) in [4.78, 5) is 38.5. The second-order valence-corrected chi connectivity index (χ2v) is 7.18. The van der Waals surface area contributed by atoms with Crippen LogP contribution in [0.3, 0.4) is 0 Å². The highest BCUT2D eigenvalue weighted by Gasteiger charge is 2.38. The van der Waals surface area contributed by atoms with Crippen molar-refractivity contribution in [3.63, 3.8) is 0 Å². The number of nitrogens with zero attached hydrogens (tertiary/aromatic N) is 1. The van der Waals surface area contributed by atoms with E-state index < -0.39 is 17.8 Å². The number of amides is 4. The molecule has 0 spiro atoms. The van der Waals surface area contributed by atoms with Gasteiger partial charge < -0.3 is 9.47 Å². The van der Waals surface area contributed by atoms with Crippen LogP contribution < -0.4 is 19.7 Å². The maximum atomic E-state index is 13.0. The average Bonchev–Trinajstić information content (AvgIpc) is 2.70. The summed E-state index contributed by atoms with van der Waals surface area (Å²) in [5.74, 6) is -0.973. The number of carbonyl (C=O) groups is 3. The Bertz CT molecular complexity index is 1080. The van der Waals surface area contributed by atoms with Crippen molar-refractivity contribution in [1.82, 2.24) is 5.32 Å². The molecule has 1 fully saturated rings. The summed E-state index contributed by atoms with van der Waals surface area (Å²) in [7, 11) is 1.46. The standard InChI is InChI=1S/C20H15Cl3N2O5/c1-3-30-16-8-10(13(22)9-15(16)29-2)7-11-18(26)24-20(28)25(19(11)27)14-6-4-5-12(21)17(14)23/h4-9H,3H2,1-2H3,(H,24,26,28)/b11-7+. The number of methoxy groups -OCH3 is 1. The van der Waals surface area contributed by atoms with E-state index >= 15 is 0 Å². The van der Waals surface area contributed by atoms with Gasteiger partial charge in [-0.05, 0) is 36.8 Å². The summed E-state index contributed by atoms with van der Waals surface area (Å²) < 4.78 is 10.7. The second-order valence-electron chi connectivity index (χ2n) is 5.99. The number of benzene rings is 2. The van der Waals surface area contributed by atoms with Crippen LogP contribution >= 0.6 is 34.8 Å². The van der Waals surface area contributed by atoms with Crippen molar-refractivity contribution in [2.75, 3.05) is 18.6 Å². The molecule has 0 aromatic heterocycles. The molecule has 0 saturated carbocycles. The number of hydrogen-bond acceptors (Lipinski definition) is 5. The van der Waals surface area contributed by atoms with E-state index in [-0.39, 0.29) is 26.3 Å². The van der Waals surface area contributed by atoms with Gasteiger partial charge in [0.15, 0.2) is 11.5 Å². The molecule has 0 atom stereocenters. The van der Waals surface area contributed by atoms with Crippen molar-refractivity contribution in [1.29, 1.82) is 0 Å². The van der Waals surface area contributed by atoms with Crippen LogP contribution in [0, 0.1) is 0 Å². The molecule has 0 aliphatic carbocycles. The Morgan fingerprint density at radius 2 is 1.80 bits per heavy atom. The first-order chi connectivity index (χ1) is 14.3. The second kappa shape index (κ2) is 8.95. The molecule has 2 aromatic carbocycles. The lowest BCUT2D eigenvalue weighted by molar-refractivity contribution is -0.122. The van der Waals surface area contributed by atoms with Gasteiger partial charge in [-0.2, -0.15) is 0 Å². The Hall–Kier alpha value is -2.74. The van der Waals surface area contributed by atoms with Gasteiger partial charge in [0.25, 0.3) is 11.8 Å². The van der Waals surface area contributed by atoms with E-state index in [1.54, 1.807) is 6.92 Å². The third-order valence-corrected chi connectivity index (χ3v) is 5.29. The summed E-state index contributed by atoms with van der Waals surface area (Å²) in [6.45, 7) is 2.16. The largest absolute Gasteiger partial charge is 0.493 e. The molecule has 30 heavy (non-hydrogen) atoms. The van der Waals surface area contributed by atoms with Crippen molar-refractivity contribution >= 4 is 64.4 Å². The van der Waals surface area contributed by atoms with E-state index in [0.29, 0.717) is 23.7 Å². The van der Waals surface area contributed by atoms with Gasteiger partial charge in [-0.25, -0.2) is 9.69 Å². The number of hydrogen-bond donors (Lipinski definition) is 1. The first-order valence-electron chi connectivity index (χ1n) is 8.64. The molecular formula is C20H15Cl3N2O5. The van der Waals surface area contributed by atoms with Gasteiger partial charge in [0.1, 0.15) is 5.57 Å². The molecular weight excluding hydrogens is 455 g/mol. The number of barbiturate groups is 1. The molecule has 1 aliphatic heterocycles. The van der Waals surface area contributed by atoms with E-state index in [2.05, 4.69) is 5.32 Å². The zero-order valence-electron chi connectivity index (χ0n) is 15.8. The van der Waals surface area contributed by atoms with Crippen LogP contribution in [-0.2, 0) is 9.59 Å². The highest BCUT2D eigenvalue weighted by atomic mass is 35.5. The van der Waals surface area contributed by atoms with Crippen molar-refractivity contribution in [2.45, 2.75) is 6.92 Å². The smallest absolute Gasteiger partial charge is 0.336 e. The topological polar surface area (TPSA) is 84.9 Å². The van der Waals surface area contributed by atoms with Crippen molar-refractivity contribution in [3.8, 4) is 11.5 Å². The third kappa shape index (κ3) is 4.09. The van der Waals surface area contributed by atoms with Crippen LogP contribution in [-0.4, -0.2) is 31.6 Å². The minimum absolute atomic E-state index is 0.00234. The monoisotopic (exact) mass is 468 g/mol. The maximum absolute atomic E-state index is 13.0. The fourth-order valence-corrected chi connectivity index (χ4v) is 3.37. The molecule has 156 valence electrons. The van der Waals surface area contributed by atoms with E-state index in [4.69, 9.17) is 44.3 Å². The summed E-state index contributed by atoms with van der Waals surface area (Å²) in [6.07, 6.45) is 1.26. The van der Waals surface area contributed by atoms with Gasteiger partial charge in [0, 0.05) is 6.07 Å². The third-order valence-electron chi connectivity index (χ3n) is 4.16. The van der Waals surface area contributed by atoms with Crippen LogP contribution in [0.15, 0.2) is 35.9 Å². The van der Waals surface area contributed by atoms with Gasteiger partial charge in [-0.3, -0.25) is 14.9 Å². The van der Waals surface area contributed by atoms with Gasteiger partial charge >= 0.3 is 6.03 Å². The van der Waals surface area contributed by atoms with Gasteiger partial charge in [0.2, 0.25) is 0 Å². The number of imide groups is 2. The fraction of sp³-hybridized carbons (Fsp3) is 0.150. The van der Waals surface area contributed by atoms with E-state index in [0.717, 1.165) is 4.90 Å². The maximum Gasteiger partial charge on any atom is 0.336 e. The highest BCUT2D eigenvalue weighted by Crippen LogP contribution is 2.36. The molecule has 1 saturated heterocycles. The molecule has 3 rings (SSSR count).